The Hall–Kier alpha value is -7.42. The standard InChI is InChI=1S/C52H56ClN11O6/c1-5-46(67)63-23-22-62(28-36(63)16-19-54)48-38-18-21-61(43-11-7-9-33-8-6-10-41(53)47(33)43)29-42(38)56-51(57-48)70-30-37-24-34(27-60(37)4)50(68)55-20-17-32-12-14-35(15-13-32)64-49(58-59-52(64)69)40-25-39(31(2)3)44(65)26-45(40)66/h5-15,25-26,31,34,36-37,65-66H,1,16-18,20-24,27-30H2,2-4H3,(H,55,68)(H,59,69)/t34-,36-,37-/m0/s1. The summed E-state index contributed by atoms with van der Waals surface area (Å²) in [7, 11) is 1.99. The van der Waals surface area contributed by atoms with Crippen molar-refractivity contribution >= 4 is 45.7 Å². The number of nitrogens with one attached hydrogen (secondary N) is 1. The first-order valence-electron chi connectivity index (χ1n) is 23.6. The van der Waals surface area contributed by atoms with Gasteiger partial charge < -0.3 is 40.1 Å². The Morgan fingerprint density at radius 2 is 1.76 bits per heavy atom. The van der Waals surface area contributed by atoms with Crippen LogP contribution < -0.4 is 19.9 Å². The number of aromatic nitrogens is 5. The highest BCUT2D eigenvalue weighted by atomic mass is 35.5. The van der Waals surface area contributed by atoms with Crippen molar-refractivity contribution in [3.8, 4) is 46.7 Å². The molecule has 0 spiro atoms. The molecule has 6 aromatic rings. The third-order valence-corrected chi connectivity index (χ3v) is 14.1. The number of amides is 2. The lowest BCUT2D eigenvalue weighted by atomic mass is 9.98. The highest BCUT2D eigenvalue weighted by molar-refractivity contribution is 6.36. The summed E-state index contributed by atoms with van der Waals surface area (Å²) in [5.74, 6) is 0.225. The van der Waals surface area contributed by atoms with E-state index >= 15 is 0 Å². The summed E-state index contributed by atoms with van der Waals surface area (Å²) in [5, 5.41) is 55.3. The molecule has 2 fully saturated rings. The normalized spacial score (nSPS) is 18.2. The number of hydrogen-bond donors (Lipinski definition) is 4. The Morgan fingerprint density at radius 3 is 2.51 bits per heavy atom. The first-order valence-corrected chi connectivity index (χ1v) is 24.0. The maximum Gasteiger partial charge on any atom is 0.319 e. The zero-order valence-corrected chi connectivity index (χ0v) is 40.2. The number of likely N-dealkylation sites (tertiary alicyclic amines) is 1. The van der Waals surface area contributed by atoms with E-state index in [1.807, 2.05) is 63.4 Å². The monoisotopic (exact) mass is 965 g/mol. The van der Waals surface area contributed by atoms with Crippen molar-refractivity contribution in [2.45, 2.75) is 64.1 Å². The number of carbonyl (C=O) groups excluding carboxylic acids is 2. The number of anilines is 2. The number of halogens is 1. The van der Waals surface area contributed by atoms with Crippen molar-refractivity contribution < 1.29 is 29.6 Å². The van der Waals surface area contributed by atoms with Crippen molar-refractivity contribution in [2.75, 3.05) is 62.7 Å². The minimum Gasteiger partial charge on any atom is -0.508 e. The van der Waals surface area contributed by atoms with E-state index in [-0.39, 0.29) is 78.1 Å². The number of aromatic hydroxyl groups is 3. The number of ether oxygens (including phenoxy) is 1. The molecule has 362 valence electrons. The van der Waals surface area contributed by atoms with Crippen LogP contribution in [0.3, 0.4) is 0 Å². The average Bonchev–Trinajstić information content (AvgIpc) is 3.93. The SMILES string of the molecule is C=CC(=O)N1CCN(c2nc(OC[C@@H]3C[C@H](C(=O)NCCc4ccc(-n5c(O)nnc5-c5cc(C(C)C)c(O)cc5O)cc4)CN3C)nc3c2CCN(c2cccc4cccc(Cl)c24)C3)C[C@@H]1CC#N. The van der Waals surface area contributed by atoms with Gasteiger partial charge in [0.1, 0.15) is 23.9 Å². The molecule has 0 radical (unpaired) electrons. The molecule has 2 saturated heterocycles. The van der Waals surface area contributed by atoms with E-state index in [0.29, 0.717) is 86.9 Å². The molecule has 3 atom stereocenters. The number of carbonyl (C=O) groups is 2. The third kappa shape index (κ3) is 9.61. The van der Waals surface area contributed by atoms with Gasteiger partial charge in [-0.25, -0.2) is 4.57 Å². The van der Waals surface area contributed by atoms with Gasteiger partial charge in [-0.3, -0.25) is 14.5 Å². The molecular weight excluding hydrogens is 910 g/mol. The van der Waals surface area contributed by atoms with E-state index in [4.69, 9.17) is 26.3 Å². The van der Waals surface area contributed by atoms with Gasteiger partial charge in [0, 0.05) is 68.0 Å². The molecule has 18 heteroatoms. The summed E-state index contributed by atoms with van der Waals surface area (Å²) in [5.41, 5.74) is 5.34. The van der Waals surface area contributed by atoms with Gasteiger partial charge in [-0.1, -0.05) is 73.5 Å². The van der Waals surface area contributed by atoms with Gasteiger partial charge in [0.05, 0.1) is 53.0 Å². The molecule has 3 aliphatic heterocycles. The van der Waals surface area contributed by atoms with Crippen molar-refractivity contribution in [1.29, 1.82) is 5.26 Å². The van der Waals surface area contributed by atoms with Crippen LogP contribution in [0.5, 0.6) is 23.5 Å². The van der Waals surface area contributed by atoms with Crippen LogP contribution in [-0.2, 0) is 29.0 Å². The zero-order chi connectivity index (χ0) is 49.2. The fourth-order valence-corrected chi connectivity index (χ4v) is 10.3. The lowest BCUT2D eigenvalue weighted by Gasteiger charge is -2.42. The minimum atomic E-state index is -0.353. The second-order valence-corrected chi connectivity index (χ2v) is 18.9. The number of hydrogen-bond acceptors (Lipinski definition) is 14. The highest BCUT2D eigenvalue weighted by Crippen LogP contribution is 2.40. The molecule has 0 bridgehead atoms. The molecule has 17 nitrogen and oxygen atoms in total. The van der Waals surface area contributed by atoms with Crippen LogP contribution in [0.1, 0.15) is 55.0 Å². The number of fused-ring (bicyclic) bond motifs is 2. The summed E-state index contributed by atoms with van der Waals surface area (Å²) in [6.45, 7) is 11.3. The van der Waals surface area contributed by atoms with Crippen LogP contribution in [0.15, 0.2) is 85.5 Å². The molecule has 5 heterocycles. The van der Waals surface area contributed by atoms with Crippen LogP contribution in [0.4, 0.5) is 11.5 Å². The van der Waals surface area contributed by atoms with Gasteiger partial charge in [-0.05, 0) is 85.1 Å². The predicted octanol–water partition coefficient (Wildman–Crippen LogP) is 6.51. The lowest BCUT2D eigenvalue weighted by Crippen LogP contribution is -2.55. The molecule has 0 saturated carbocycles. The maximum atomic E-state index is 13.6. The largest absolute Gasteiger partial charge is 0.508 e. The molecule has 70 heavy (non-hydrogen) atoms. The van der Waals surface area contributed by atoms with Gasteiger partial charge in [0.25, 0.3) is 0 Å². The second kappa shape index (κ2) is 20.3. The molecule has 2 amide bonds. The number of phenols is 2. The number of likely N-dealkylation sites (N-methyl/N-ethyl adjacent to an activating group) is 1. The van der Waals surface area contributed by atoms with Crippen molar-refractivity contribution in [3.63, 3.8) is 0 Å². The van der Waals surface area contributed by atoms with E-state index in [9.17, 15) is 30.2 Å². The van der Waals surface area contributed by atoms with E-state index in [2.05, 4.69) is 61.1 Å². The van der Waals surface area contributed by atoms with Crippen molar-refractivity contribution in [1.82, 2.24) is 39.8 Å². The molecule has 2 aromatic heterocycles. The Balaban J connectivity index is 0.857. The molecule has 9 rings (SSSR count). The van der Waals surface area contributed by atoms with E-state index in [1.54, 1.807) is 11.0 Å². The van der Waals surface area contributed by atoms with Gasteiger partial charge >= 0.3 is 12.0 Å². The van der Waals surface area contributed by atoms with Crippen molar-refractivity contribution in [2.24, 2.45) is 5.92 Å². The number of phenolic OH excluding ortho intramolecular Hbond substituents is 2. The Morgan fingerprint density at radius 1 is 0.971 bits per heavy atom. The van der Waals surface area contributed by atoms with Crippen LogP contribution >= 0.6 is 11.6 Å². The molecule has 0 aliphatic carbocycles. The Labute approximate surface area is 411 Å². The van der Waals surface area contributed by atoms with Crippen LogP contribution in [0.2, 0.25) is 5.02 Å². The van der Waals surface area contributed by atoms with Gasteiger partial charge in [-0.2, -0.15) is 15.2 Å². The third-order valence-electron chi connectivity index (χ3n) is 13.8. The summed E-state index contributed by atoms with van der Waals surface area (Å²) in [6, 6.07) is 24.2. The van der Waals surface area contributed by atoms with Gasteiger partial charge in [0.15, 0.2) is 5.82 Å². The fraction of sp³-hybridized carbons (Fsp3) is 0.365. The quantitative estimate of drug-likeness (QED) is 0.0859. The number of piperazine rings is 1. The van der Waals surface area contributed by atoms with Gasteiger partial charge in [-0.15, -0.1) is 5.10 Å². The van der Waals surface area contributed by atoms with E-state index in [0.717, 1.165) is 39.1 Å². The van der Waals surface area contributed by atoms with Crippen LogP contribution in [0, 0.1) is 17.2 Å². The number of nitriles is 1. The van der Waals surface area contributed by atoms with E-state index in [1.165, 1.54) is 16.7 Å². The smallest absolute Gasteiger partial charge is 0.319 e. The first kappa shape index (κ1) is 47.6. The molecule has 0 unspecified atom stereocenters. The summed E-state index contributed by atoms with van der Waals surface area (Å²) < 4.78 is 7.90. The number of benzene rings is 4. The minimum absolute atomic E-state index is 0.0240. The Bertz CT molecular complexity index is 2990. The second-order valence-electron chi connectivity index (χ2n) is 18.5. The van der Waals surface area contributed by atoms with Gasteiger partial charge in [0.2, 0.25) is 11.8 Å². The fourth-order valence-electron chi connectivity index (χ4n) is 10.0. The Kier molecular flexibility index (Phi) is 13.8. The van der Waals surface area contributed by atoms with Crippen LogP contribution in [-0.4, -0.2) is 127 Å². The van der Waals surface area contributed by atoms with Crippen LogP contribution in [0.25, 0.3) is 27.8 Å². The molecule has 4 N–H and O–H groups in total. The van der Waals surface area contributed by atoms with Crippen molar-refractivity contribution in [3.05, 3.63) is 113 Å². The highest BCUT2D eigenvalue weighted by Gasteiger charge is 2.36. The first-order chi connectivity index (χ1) is 33.8. The maximum absolute atomic E-state index is 13.6. The summed E-state index contributed by atoms with van der Waals surface area (Å²) in [6.07, 6.45) is 3.28. The molecular formula is C52H56ClN11O6. The van der Waals surface area contributed by atoms with E-state index < -0.39 is 0 Å². The predicted molar refractivity (Wildman–Crippen MR) is 266 cm³/mol. The topological polar surface area (TPSA) is 209 Å². The lowest BCUT2D eigenvalue weighted by molar-refractivity contribution is -0.128. The summed E-state index contributed by atoms with van der Waals surface area (Å²) >= 11 is 6.79. The number of rotatable bonds is 14. The average molecular weight is 967 g/mol. The molecule has 3 aliphatic rings. The summed E-state index contributed by atoms with van der Waals surface area (Å²) in [4.78, 5) is 44.7. The molecule has 4 aromatic carbocycles. The number of nitrogens with zero attached hydrogens (tertiary/aromatic N) is 10. The zero-order valence-electron chi connectivity index (χ0n) is 39.4.